The number of hydrogen-bond acceptors (Lipinski definition) is 3. The lowest BCUT2D eigenvalue weighted by Crippen LogP contribution is -2.24. The lowest BCUT2D eigenvalue weighted by atomic mass is 10.1. The van der Waals surface area contributed by atoms with Crippen molar-refractivity contribution in [2.75, 3.05) is 13.1 Å². The highest BCUT2D eigenvalue weighted by atomic mass is 32.1. The minimum Gasteiger partial charge on any atom is -0.361 e. The van der Waals surface area contributed by atoms with Crippen LogP contribution in [-0.4, -0.2) is 24.0 Å². The number of nitrogens with one attached hydrogen (secondary N) is 3. The van der Waals surface area contributed by atoms with Gasteiger partial charge in [0.2, 0.25) is 0 Å². The maximum absolute atomic E-state index is 12.3. The van der Waals surface area contributed by atoms with Crippen LogP contribution in [0.15, 0.2) is 42.6 Å². The highest BCUT2D eigenvalue weighted by Crippen LogP contribution is 2.29. The molecule has 24 heavy (non-hydrogen) atoms. The number of thiophene rings is 1. The van der Waals surface area contributed by atoms with E-state index >= 15 is 0 Å². The Balaban J connectivity index is 1.35. The molecule has 4 rings (SSSR count). The Labute approximate surface area is 145 Å². The van der Waals surface area contributed by atoms with Gasteiger partial charge >= 0.3 is 0 Å². The Bertz CT molecular complexity index is 845. The summed E-state index contributed by atoms with van der Waals surface area (Å²) in [5, 5.41) is 7.76. The standard InChI is InChI=1S/C19H21N3OS/c23-19(18-8-7-17(24-18)16-6-3-10-20-16)21-11-9-13-12-22-15-5-2-1-4-14(13)15/h1-2,4-5,7-8,12,16,20,22H,3,6,9-11H2,(H,21,23). The third kappa shape index (κ3) is 3.09. The minimum absolute atomic E-state index is 0.0316. The molecule has 1 fully saturated rings. The molecular formula is C19H21N3OS. The number of amides is 1. The molecule has 3 heterocycles. The number of carbonyl (C=O) groups excluding carboxylic acids is 1. The third-order valence-corrected chi connectivity index (χ3v) is 5.81. The van der Waals surface area contributed by atoms with Crippen LogP contribution in [0.25, 0.3) is 10.9 Å². The van der Waals surface area contributed by atoms with Crippen molar-refractivity contribution in [3.05, 3.63) is 57.9 Å². The van der Waals surface area contributed by atoms with E-state index in [4.69, 9.17) is 0 Å². The van der Waals surface area contributed by atoms with Crippen molar-refractivity contribution in [3.63, 3.8) is 0 Å². The first-order valence-corrected chi connectivity index (χ1v) is 9.29. The van der Waals surface area contributed by atoms with E-state index in [2.05, 4.69) is 33.8 Å². The van der Waals surface area contributed by atoms with Crippen molar-refractivity contribution in [3.8, 4) is 0 Å². The highest BCUT2D eigenvalue weighted by Gasteiger charge is 2.19. The van der Waals surface area contributed by atoms with Crippen LogP contribution in [0.2, 0.25) is 0 Å². The van der Waals surface area contributed by atoms with Crippen LogP contribution in [0.5, 0.6) is 0 Å². The largest absolute Gasteiger partial charge is 0.361 e. The van der Waals surface area contributed by atoms with Crippen molar-refractivity contribution < 1.29 is 4.79 Å². The van der Waals surface area contributed by atoms with Gasteiger partial charge < -0.3 is 15.6 Å². The summed E-state index contributed by atoms with van der Waals surface area (Å²) in [5.41, 5.74) is 2.39. The number of para-hydroxylation sites is 1. The van der Waals surface area contributed by atoms with Gasteiger partial charge in [0, 0.05) is 34.6 Å². The van der Waals surface area contributed by atoms with Gasteiger partial charge in [-0.25, -0.2) is 0 Å². The first kappa shape index (κ1) is 15.4. The van der Waals surface area contributed by atoms with Crippen molar-refractivity contribution >= 4 is 28.1 Å². The van der Waals surface area contributed by atoms with Gasteiger partial charge in [-0.05, 0) is 49.6 Å². The Kier molecular flexibility index (Phi) is 4.36. The van der Waals surface area contributed by atoms with Crippen LogP contribution in [0.4, 0.5) is 0 Å². The number of H-pyrrole nitrogens is 1. The Morgan fingerprint density at radius 1 is 1.25 bits per heavy atom. The van der Waals surface area contributed by atoms with Crippen LogP contribution in [-0.2, 0) is 6.42 Å². The Morgan fingerprint density at radius 3 is 3.04 bits per heavy atom. The SMILES string of the molecule is O=C(NCCc1c[nH]c2ccccc12)c1ccc(C2CCCN2)s1. The van der Waals surface area contributed by atoms with Gasteiger partial charge in [0.05, 0.1) is 4.88 Å². The molecule has 1 atom stereocenters. The van der Waals surface area contributed by atoms with Crippen molar-refractivity contribution in [1.29, 1.82) is 0 Å². The molecule has 0 aliphatic carbocycles. The summed E-state index contributed by atoms with van der Waals surface area (Å²) in [6, 6.07) is 12.7. The maximum atomic E-state index is 12.3. The third-order valence-electron chi connectivity index (χ3n) is 4.61. The van der Waals surface area contributed by atoms with Gasteiger partial charge in [0.1, 0.15) is 0 Å². The zero-order chi connectivity index (χ0) is 16.4. The molecule has 1 unspecified atom stereocenters. The molecule has 3 N–H and O–H groups in total. The van der Waals surface area contributed by atoms with Gasteiger partial charge in [0.15, 0.2) is 0 Å². The predicted octanol–water partition coefficient (Wildman–Crippen LogP) is 3.63. The predicted molar refractivity (Wildman–Crippen MR) is 98.6 cm³/mol. The van der Waals surface area contributed by atoms with E-state index in [0.717, 1.165) is 23.4 Å². The fraction of sp³-hybridized carbons (Fsp3) is 0.316. The summed E-state index contributed by atoms with van der Waals surface area (Å²) < 4.78 is 0. The average Bonchev–Trinajstić information content (AvgIpc) is 3.35. The highest BCUT2D eigenvalue weighted by molar-refractivity contribution is 7.14. The first-order chi connectivity index (χ1) is 11.8. The molecule has 4 nitrogen and oxygen atoms in total. The van der Waals surface area contributed by atoms with Crippen LogP contribution >= 0.6 is 11.3 Å². The summed E-state index contributed by atoms with van der Waals surface area (Å²) in [4.78, 5) is 17.7. The first-order valence-electron chi connectivity index (χ1n) is 8.47. The second kappa shape index (κ2) is 6.79. The van der Waals surface area contributed by atoms with Crippen molar-refractivity contribution in [2.24, 2.45) is 0 Å². The number of aromatic amines is 1. The van der Waals surface area contributed by atoms with E-state index in [1.54, 1.807) is 11.3 Å². The topological polar surface area (TPSA) is 56.9 Å². The lowest BCUT2D eigenvalue weighted by molar-refractivity contribution is 0.0958. The second-order valence-electron chi connectivity index (χ2n) is 6.22. The number of carbonyl (C=O) groups is 1. The number of fused-ring (bicyclic) bond motifs is 1. The lowest BCUT2D eigenvalue weighted by Gasteiger charge is -2.06. The molecule has 1 aliphatic heterocycles. The van der Waals surface area contributed by atoms with E-state index in [1.165, 1.54) is 28.7 Å². The van der Waals surface area contributed by atoms with Gasteiger partial charge in [0.25, 0.3) is 5.91 Å². The molecule has 0 spiro atoms. The van der Waals surface area contributed by atoms with Crippen LogP contribution in [0.3, 0.4) is 0 Å². The van der Waals surface area contributed by atoms with E-state index in [-0.39, 0.29) is 5.91 Å². The molecule has 1 aliphatic rings. The Morgan fingerprint density at radius 2 is 2.17 bits per heavy atom. The van der Waals surface area contributed by atoms with E-state index in [9.17, 15) is 4.79 Å². The molecular weight excluding hydrogens is 318 g/mol. The van der Waals surface area contributed by atoms with E-state index in [1.807, 2.05) is 24.4 Å². The molecule has 2 aromatic heterocycles. The summed E-state index contributed by atoms with van der Waals surface area (Å²) in [5.74, 6) is 0.0316. The van der Waals surface area contributed by atoms with E-state index in [0.29, 0.717) is 12.6 Å². The van der Waals surface area contributed by atoms with Gasteiger partial charge in [-0.2, -0.15) is 0 Å². The van der Waals surface area contributed by atoms with E-state index < -0.39 is 0 Å². The molecule has 1 amide bonds. The van der Waals surface area contributed by atoms with Crippen LogP contribution in [0.1, 0.15) is 39.0 Å². The zero-order valence-electron chi connectivity index (χ0n) is 13.5. The fourth-order valence-electron chi connectivity index (χ4n) is 3.33. The molecule has 0 saturated carbocycles. The van der Waals surface area contributed by atoms with Crippen LogP contribution in [0, 0.1) is 0 Å². The zero-order valence-corrected chi connectivity index (χ0v) is 14.3. The molecule has 1 saturated heterocycles. The number of hydrogen-bond donors (Lipinski definition) is 3. The maximum Gasteiger partial charge on any atom is 0.261 e. The van der Waals surface area contributed by atoms with Crippen molar-refractivity contribution in [2.45, 2.75) is 25.3 Å². The minimum atomic E-state index is 0.0316. The Hall–Kier alpha value is -2.11. The molecule has 3 aromatic rings. The van der Waals surface area contributed by atoms with Gasteiger partial charge in [-0.1, -0.05) is 18.2 Å². The summed E-state index contributed by atoms with van der Waals surface area (Å²) in [7, 11) is 0. The molecule has 0 bridgehead atoms. The monoisotopic (exact) mass is 339 g/mol. The molecule has 1 aromatic carbocycles. The number of aromatic nitrogens is 1. The molecule has 5 heteroatoms. The molecule has 0 radical (unpaired) electrons. The van der Waals surface area contributed by atoms with Crippen molar-refractivity contribution in [1.82, 2.24) is 15.6 Å². The number of benzene rings is 1. The van der Waals surface area contributed by atoms with Crippen LogP contribution < -0.4 is 10.6 Å². The van der Waals surface area contributed by atoms with Gasteiger partial charge in [-0.3, -0.25) is 4.79 Å². The summed E-state index contributed by atoms with van der Waals surface area (Å²) in [6.07, 6.45) is 5.25. The summed E-state index contributed by atoms with van der Waals surface area (Å²) >= 11 is 1.61. The average molecular weight is 339 g/mol. The fourth-order valence-corrected chi connectivity index (χ4v) is 4.36. The smallest absolute Gasteiger partial charge is 0.261 e. The number of rotatable bonds is 5. The quantitative estimate of drug-likeness (QED) is 0.665. The summed E-state index contributed by atoms with van der Waals surface area (Å²) in [6.45, 7) is 1.73. The second-order valence-corrected chi connectivity index (χ2v) is 7.33. The van der Waals surface area contributed by atoms with Gasteiger partial charge in [-0.15, -0.1) is 11.3 Å². The molecule has 124 valence electrons. The normalized spacial score (nSPS) is 17.4.